The Hall–Kier alpha value is -2.45. The van der Waals surface area contributed by atoms with Crippen molar-refractivity contribution in [3.63, 3.8) is 0 Å². The normalized spacial score (nSPS) is 13.2. The number of hydrogen-bond donors (Lipinski definition) is 0. The number of anilines is 1. The van der Waals surface area contributed by atoms with E-state index in [9.17, 15) is 9.59 Å². The minimum Gasteiger partial charge on any atom is -0.300 e. The molecule has 102 valence electrons. The van der Waals surface area contributed by atoms with Crippen LogP contribution in [0.25, 0.3) is 0 Å². The van der Waals surface area contributed by atoms with Crippen molar-refractivity contribution in [1.29, 1.82) is 5.26 Å². The highest BCUT2D eigenvalue weighted by atomic mass is 79.9. The van der Waals surface area contributed by atoms with Gasteiger partial charge in [-0.2, -0.15) is 5.26 Å². The molecule has 0 aliphatic carbocycles. The Kier molecular flexibility index (Phi) is 3.32. The molecule has 1 aliphatic heterocycles. The topological polar surface area (TPSA) is 61.2 Å². The van der Waals surface area contributed by atoms with Crippen LogP contribution in [0.5, 0.6) is 0 Å². The Balaban J connectivity index is 1.97. The van der Waals surface area contributed by atoms with E-state index in [1.54, 1.807) is 42.5 Å². The lowest BCUT2D eigenvalue weighted by molar-refractivity contribution is -0.114. The highest BCUT2D eigenvalue weighted by molar-refractivity contribution is 9.10. The third kappa shape index (κ3) is 2.24. The lowest BCUT2D eigenvalue weighted by Crippen LogP contribution is -2.29. The van der Waals surface area contributed by atoms with Crippen LogP contribution in [0.3, 0.4) is 0 Å². The van der Waals surface area contributed by atoms with E-state index in [0.29, 0.717) is 27.8 Å². The van der Waals surface area contributed by atoms with Crippen LogP contribution in [0.4, 0.5) is 5.69 Å². The van der Waals surface area contributed by atoms with Gasteiger partial charge in [-0.1, -0.05) is 18.2 Å². The minimum atomic E-state index is -0.527. The summed E-state index contributed by atoms with van der Waals surface area (Å²) in [6.45, 7) is 0.305. The highest BCUT2D eigenvalue weighted by Gasteiger charge is 2.37. The van der Waals surface area contributed by atoms with Gasteiger partial charge in [-0.15, -0.1) is 0 Å². The summed E-state index contributed by atoms with van der Waals surface area (Å²) in [4.78, 5) is 25.7. The number of nitriles is 1. The van der Waals surface area contributed by atoms with Crippen LogP contribution in [0.15, 0.2) is 46.9 Å². The number of carbonyl (C=O) groups is 2. The number of rotatable bonds is 2. The van der Waals surface area contributed by atoms with Crippen LogP contribution in [0, 0.1) is 11.3 Å². The van der Waals surface area contributed by atoms with Crippen LogP contribution in [-0.4, -0.2) is 11.7 Å². The van der Waals surface area contributed by atoms with E-state index in [4.69, 9.17) is 5.26 Å². The number of fused-ring (bicyclic) bond motifs is 1. The molecule has 0 spiro atoms. The van der Waals surface area contributed by atoms with Crippen molar-refractivity contribution in [2.24, 2.45) is 0 Å². The number of benzene rings is 2. The number of hydrogen-bond acceptors (Lipinski definition) is 3. The van der Waals surface area contributed by atoms with E-state index < -0.39 is 11.7 Å². The van der Waals surface area contributed by atoms with E-state index >= 15 is 0 Å². The quantitative estimate of drug-likeness (QED) is 0.789. The zero-order valence-corrected chi connectivity index (χ0v) is 12.4. The molecule has 0 N–H and O–H groups in total. The van der Waals surface area contributed by atoms with Gasteiger partial charge in [0, 0.05) is 4.47 Å². The predicted octanol–water partition coefficient (Wildman–Crippen LogP) is 3.05. The molecule has 0 aromatic heterocycles. The van der Waals surface area contributed by atoms with Gasteiger partial charge >= 0.3 is 0 Å². The smallest absolute Gasteiger partial charge is 0.299 e. The molecule has 2 aromatic rings. The second-order valence-electron chi connectivity index (χ2n) is 4.66. The summed E-state index contributed by atoms with van der Waals surface area (Å²) in [5.74, 6) is -1.02. The molecule has 2 aromatic carbocycles. The fourth-order valence-electron chi connectivity index (χ4n) is 2.33. The van der Waals surface area contributed by atoms with Crippen molar-refractivity contribution in [3.8, 4) is 6.07 Å². The van der Waals surface area contributed by atoms with Crippen molar-refractivity contribution < 1.29 is 9.59 Å². The van der Waals surface area contributed by atoms with Crippen LogP contribution >= 0.6 is 15.9 Å². The average Bonchev–Trinajstić information content (AvgIpc) is 2.74. The molecular formula is C16H9BrN2O2. The molecule has 0 bridgehead atoms. The van der Waals surface area contributed by atoms with Crippen LogP contribution in [0.2, 0.25) is 0 Å². The maximum atomic E-state index is 12.1. The first-order valence-electron chi connectivity index (χ1n) is 6.25. The molecule has 1 heterocycles. The molecule has 21 heavy (non-hydrogen) atoms. The van der Waals surface area contributed by atoms with Crippen LogP contribution < -0.4 is 4.90 Å². The van der Waals surface area contributed by atoms with Gasteiger partial charge in [-0.05, 0) is 45.8 Å². The van der Waals surface area contributed by atoms with Gasteiger partial charge in [0.15, 0.2) is 0 Å². The van der Waals surface area contributed by atoms with Gasteiger partial charge < -0.3 is 4.90 Å². The van der Waals surface area contributed by atoms with Gasteiger partial charge in [0.1, 0.15) is 0 Å². The van der Waals surface area contributed by atoms with Crippen LogP contribution in [-0.2, 0) is 11.3 Å². The number of nitrogens with zero attached hydrogens (tertiary/aromatic N) is 2. The molecule has 0 fully saturated rings. The van der Waals surface area contributed by atoms with Gasteiger partial charge in [-0.3, -0.25) is 9.59 Å². The number of carbonyl (C=O) groups excluding carboxylic acids is 2. The van der Waals surface area contributed by atoms with E-state index in [2.05, 4.69) is 15.9 Å². The maximum Gasteiger partial charge on any atom is 0.299 e. The number of halogens is 1. The summed E-state index contributed by atoms with van der Waals surface area (Å²) in [7, 11) is 0. The molecule has 0 atom stereocenters. The van der Waals surface area contributed by atoms with Crippen molar-refractivity contribution in [2.45, 2.75) is 6.54 Å². The lowest BCUT2D eigenvalue weighted by atomic mass is 10.1. The van der Waals surface area contributed by atoms with Crippen molar-refractivity contribution in [3.05, 3.63) is 63.6 Å². The summed E-state index contributed by atoms with van der Waals surface area (Å²) >= 11 is 3.31. The zero-order valence-electron chi connectivity index (χ0n) is 10.8. The van der Waals surface area contributed by atoms with Gasteiger partial charge in [-0.25, -0.2) is 0 Å². The Labute approximate surface area is 129 Å². The summed E-state index contributed by atoms with van der Waals surface area (Å²) < 4.78 is 0.626. The number of amides is 1. The molecule has 0 saturated carbocycles. The number of ketones is 1. The minimum absolute atomic E-state index is 0.305. The SMILES string of the molecule is N#Cc1ccc(CN2C(=O)C(=O)c3c(Br)cccc32)cc1. The molecule has 1 aliphatic rings. The summed E-state index contributed by atoms with van der Waals surface area (Å²) in [6.07, 6.45) is 0. The predicted molar refractivity (Wildman–Crippen MR) is 80.8 cm³/mol. The third-order valence-corrected chi connectivity index (χ3v) is 4.03. The van der Waals surface area contributed by atoms with Gasteiger partial charge in [0.2, 0.25) is 0 Å². The monoisotopic (exact) mass is 340 g/mol. The molecule has 1 amide bonds. The van der Waals surface area contributed by atoms with Gasteiger partial charge in [0.05, 0.1) is 29.4 Å². The van der Waals surface area contributed by atoms with E-state index in [0.717, 1.165) is 5.56 Å². The third-order valence-electron chi connectivity index (χ3n) is 3.37. The average molecular weight is 341 g/mol. The first-order valence-corrected chi connectivity index (χ1v) is 7.05. The summed E-state index contributed by atoms with van der Waals surface area (Å²) in [6, 6.07) is 14.3. The van der Waals surface area contributed by atoms with E-state index in [1.165, 1.54) is 4.90 Å². The van der Waals surface area contributed by atoms with Crippen molar-refractivity contribution >= 4 is 33.3 Å². The highest BCUT2D eigenvalue weighted by Crippen LogP contribution is 2.35. The first kappa shape index (κ1) is 13.5. The van der Waals surface area contributed by atoms with Crippen molar-refractivity contribution in [1.82, 2.24) is 0 Å². The fraction of sp³-hybridized carbons (Fsp3) is 0.0625. The van der Waals surface area contributed by atoms with Crippen LogP contribution in [0.1, 0.15) is 21.5 Å². The standard InChI is InChI=1S/C16H9BrN2O2/c17-12-2-1-3-13-14(12)15(20)16(21)19(13)9-11-6-4-10(8-18)5-7-11/h1-7H,9H2. The Morgan fingerprint density at radius 1 is 1.10 bits per heavy atom. The summed E-state index contributed by atoms with van der Waals surface area (Å²) in [5, 5.41) is 8.79. The van der Waals surface area contributed by atoms with E-state index in [-0.39, 0.29) is 0 Å². The molecule has 0 radical (unpaired) electrons. The first-order chi connectivity index (χ1) is 10.1. The second kappa shape index (κ2) is 5.15. The Morgan fingerprint density at radius 2 is 1.81 bits per heavy atom. The summed E-state index contributed by atoms with van der Waals surface area (Å²) in [5.41, 5.74) is 2.45. The Morgan fingerprint density at radius 3 is 2.48 bits per heavy atom. The maximum absolute atomic E-state index is 12.1. The zero-order chi connectivity index (χ0) is 15.0. The lowest BCUT2D eigenvalue weighted by Gasteiger charge is -2.16. The molecule has 4 nitrogen and oxygen atoms in total. The largest absolute Gasteiger partial charge is 0.300 e. The fourth-order valence-corrected chi connectivity index (χ4v) is 2.86. The van der Waals surface area contributed by atoms with Gasteiger partial charge in [0.25, 0.3) is 11.7 Å². The number of Topliss-reactive ketones (excluding diaryl/α,β-unsaturated/α-hetero) is 1. The van der Waals surface area contributed by atoms with E-state index in [1.807, 2.05) is 6.07 Å². The van der Waals surface area contributed by atoms with Crippen molar-refractivity contribution in [2.75, 3.05) is 4.90 Å². The molecule has 0 unspecified atom stereocenters. The molecule has 3 rings (SSSR count). The second-order valence-corrected chi connectivity index (χ2v) is 5.52. The molecule has 0 saturated heterocycles. The Bertz CT molecular complexity index is 791. The molecular weight excluding hydrogens is 332 g/mol. The molecule has 5 heteroatoms.